The molecule has 45 heavy (non-hydrogen) atoms. The number of halogens is 2. The zero-order chi connectivity index (χ0) is 32.2. The second-order valence-corrected chi connectivity index (χ2v) is 11.5. The van der Waals surface area contributed by atoms with E-state index < -0.39 is 34.2 Å². The Balaban J connectivity index is 1.60. The Morgan fingerprint density at radius 3 is 2.58 bits per heavy atom. The van der Waals surface area contributed by atoms with Crippen LogP contribution in [-0.4, -0.2) is 20.1 Å². The molecule has 4 heterocycles. The first-order chi connectivity index (χ1) is 21.4. The summed E-state index contributed by atoms with van der Waals surface area (Å²) in [4.78, 5) is 43.3. The number of esters is 1. The largest absolute Gasteiger partial charge is 0.463 e. The van der Waals surface area contributed by atoms with Crippen LogP contribution in [0.1, 0.15) is 37.7 Å². The Kier molecular flexibility index (Phi) is 7.11. The Hall–Kier alpha value is -5.58. The summed E-state index contributed by atoms with van der Waals surface area (Å²) in [5.74, 6) is -1.66. The first kappa shape index (κ1) is 29.5. The lowest BCUT2D eigenvalue weighted by atomic mass is 9.98. The lowest BCUT2D eigenvalue weighted by Gasteiger charge is -2.17. The summed E-state index contributed by atoms with van der Waals surface area (Å²) < 4.78 is 50.1. The van der Waals surface area contributed by atoms with Crippen molar-refractivity contribution in [1.82, 2.24) is 14.1 Å². The minimum absolute atomic E-state index is 0.0139. The van der Waals surface area contributed by atoms with E-state index in [1.165, 1.54) is 41.4 Å². The summed E-state index contributed by atoms with van der Waals surface area (Å²) in [6.45, 7) is 11.8. The lowest BCUT2D eigenvalue weighted by Crippen LogP contribution is -2.28. The Morgan fingerprint density at radius 2 is 1.87 bits per heavy atom. The van der Waals surface area contributed by atoms with Crippen LogP contribution in [-0.2, 0) is 22.8 Å². The first-order valence-corrected chi connectivity index (χ1v) is 13.9. The number of fused-ring (bicyclic) bond motifs is 6. The fourth-order valence-electron chi connectivity index (χ4n) is 5.30. The van der Waals surface area contributed by atoms with Crippen LogP contribution in [0.3, 0.4) is 0 Å². The highest BCUT2D eigenvalue weighted by Gasteiger charge is 2.26. The molecule has 6 aromatic rings. The van der Waals surface area contributed by atoms with Gasteiger partial charge < -0.3 is 18.1 Å². The van der Waals surface area contributed by atoms with Crippen molar-refractivity contribution in [3.63, 3.8) is 0 Å². The molecule has 0 N–H and O–H groups in total. The van der Waals surface area contributed by atoms with Gasteiger partial charge in [-0.1, -0.05) is 31.4 Å². The van der Waals surface area contributed by atoms with Crippen LogP contribution in [0.25, 0.3) is 55.8 Å². The van der Waals surface area contributed by atoms with Gasteiger partial charge >= 0.3 is 11.6 Å². The van der Waals surface area contributed by atoms with E-state index in [2.05, 4.69) is 18.1 Å². The SMILES string of the molecule is C=C/C=C\c1c(C=C)oc(=O)c2c1c1c3occc3c(F)cc1n2Cc1cc2c(=O)n(COC(=O)C(C)(C)C)cnc2cc1F. The van der Waals surface area contributed by atoms with Crippen molar-refractivity contribution in [1.29, 1.82) is 0 Å². The van der Waals surface area contributed by atoms with Crippen LogP contribution in [0.5, 0.6) is 0 Å². The molecule has 11 heteroatoms. The van der Waals surface area contributed by atoms with E-state index in [9.17, 15) is 14.4 Å². The van der Waals surface area contributed by atoms with Gasteiger partial charge in [0.25, 0.3) is 5.56 Å². The van der Waals surface area contributed by atoms with Crippen molar-refractivity contribution < 1.29 is 27.1 Å². The zero-order valence-corrected chi connectivity index (χ0v) is 24.6. The molecule has 228 valence electrons. The number of benzene rings is 2. The predicted molar refractivity (Wildman–Crippen MR) is 168 cm³/mol. The van der Waals surface area contributed by atoms with Crippen LogP contribution in [0.4, 0.5) is 8.78 Å². The van der Waals surface area contributed by atoms with Crippen molar-refractivity contribution in [3.05, 3.63) is 111 Å². The number of carbonyl (C=O) groups excluding carboxylic acids is 1. The molecule has 0 bridgehead atoms. The molecular weight excluding hydrogens is 584 g/mol. The van der Waals surface area contributed by atoms with Gasteiger partial charge in [-0.05, 0) is 45.0 Å². The van der Waals surface area contributed by atoms with E-state index in [0.717, 1.165) is 10.6 Å². The lowest BCUT2D eigenvalue weighted by molar-refractivity contribution is -0.157. The average molecular weight is 612 g/mol. The minimum Gasteiger partial charge on any atom is -0.463 e. The van der Waals surface area contributed by atoms with E-state index in [-0.39, 0.29) is 57.5 Å². The number of aromatic nitrogens is 3. The second-order valence-electron chi connectivity index (χ2n) is 11.5. The number of hydrogen-bond donors (Lipinski definition) is 0. The van der Waals surface area contributed by atoms with Crippen LogP contribution in [0, 0.1) is 17.0 Å². The highest BCUT2D eigenvalue weighted by atomic mass is 19.1. The highest BCUT2D eigenvalue weighted by Crippen LogP contribution is 2.39. The normalized spacial score (nSPS) is 12.2. The highest BCUT2D eigenvalue weighted by molar-refractivity contribution is 6.21. The van der Waals surface area contributed by atoms with E-state index in [4.69, 9.17) is 13.6 Å². The van der Waals surface area contributed by atoms with Crippen molar-refractivity contribution in [3.8, 4) is 0 Å². The van der Waals surface area contributed by atoms with E-state index >= 15 is 8.78 Å². The zero-order valence-electron chi connectivity index (χ0n) is 24.6. The molecule has 0 fully saturated rings. The van der Waals surface area contributed by atoms with Gasteiger partial charge in [0.1, 0.15) is 34.8 Å². The first-order valence-electron chi connectivity index (χ1n) is 13.9. The number of hydrogen-bond acceptors (Lipinski definition) is 7. The number of nitrogens with zero attached hydrogens (tertiary/aromatic N) is 3. The summed E-state index contributed by atoms with van der Waals surface area (Å²) in [5.41, 5.74) is -1.10. The number of furan rings is 1. The summed E-state index contributed by atoms with van der Waals surface area (Å²) in [7, 11) is 0. The van der Waals surface area contributed by atoms with Crippen LogP contribution in [0.15, 0.2) is 80.6 Å². The van der Waals surface area contributed by atoms with Crippen molar-refractivity contribution in [2.24, 2.45) is 5.41 Å². The van der Waals surface area contributed by atoms with Crippen molar-refractivity contribution >= 4 is 61.8 Å². The van der Waals surface area contributed by atoms with Crippen LogP contribution < -0.4 is 11.2 Å². The van der Waals surface area contributed by atoms with Crippen molar-refractivity contribution in [2.75, 3.05) is 0 Å². The maximum absolute atomic E-state index is 15.6. The fourth-order valence-corrected chi connectivity index (χ4v) is 5.30. The maximum atomic E-state index is 15.6. The third kappa shape index (κ3) is 4.86. The quantitative estimate of drug-likeness (QED) is 0.142. The third-order valence-electron chi connectivity index (χ3n) is 7.50. The Morgan fingerprint density at radius 1 is 1.09 bits per heavy atom. The number of allylic oxidation sites excluding steroid dienone is 2. The van der Waals surface area contributed by atoms with E-state index in [1.807, 2.05) is 0 Å². The van der Waals surface area contributed by atoms with Gasteiger partial charge in [0, 0.05) is 22.6 Å². The molecule has 0 atom stereocenters. The molecule has 0 radical (unpaired) electrons. The van der Waals surface area contributed by atoms with Gasteiger partial charge in [-0.3, -0.25) is 14.2 Å². The molecule has 0 saturated heterocycles. The van der Waals surface area contributed by atoms with Crippen LogP contribution in [0.2, 0.25) is 0 Å². The smallest absolute Gasteiger partial charge is 0.361 e. The molecule has 2 aromatic carbocycles. The van der Waals surface area contributed by atoms with Gasteiger partial charge in [-0.25, -0.2) is 18.6 Å². The Bertz CT molecular complexity index is 2370. The monoisotopic (exact) mass is 611 g/mol. The Labute approximate surface area is 253 Å². The second kappa shape index (κ2) is 10.8. The van der Waals surface area contributed by atoms with E-state index in [0.29, 0.717) is 16.3 Å². The number of ether oxygens (including phenoxy) is 1. The molecule has 6 rings (SSSR count). The predicted octanol–water partition coefficient (Wildman–Crippen LogP) is 6.92. The van der Waals surface area contributed by atoms with E-state index in [1.54, 1.807) is 39.0 Å². The molecule has 0 amide bonds. The summed E-state index contributed by atoms with van der Waals surface area (Å²) in [5, 5.41) is 1.05. The van der Waals surface area contributed by atoms with Gasteiger partial charge in [0.2, 0.25) is 0 Å². The third-order valence-corrected chi connectivity index (χ3v) is 7.50. The number of rotatable bonds is 7. The molecule has 9 nitrogen and oxygen atoms in total. The van der Waals surface area contributed by atoms with Crippen LogP contribution >= 0.6 is 0 Å². The van der Waals surface area contributed by atoms with Crippen molar-refractivity contribution in [2.45, 2.75) is 34.0 Å². The molecule has 0 saturated carbocycles. The molecule has 0 aliphatic carbocycles. The summed E-state index contributed by atoms with van der Waals surface area (Å²) in [6, 6.07) is 5.15. The van der Waals surface area contributed by atoms with Gasteiger partial charge in [0.15, 0.2) is 6.73 Å². The van der Waals surface area contributed by atoms with Gasteiger partial charge in [-0.2, -0.15) is 0 Å². The standard InChI is InChI=1S/C34H27F2N3O6/c1-6-8-9-20-26(7-2)45-32(41)29-27(20)28-25(14-23(36)19-10-11-43-30(19)28)39(29)15-18-12-21-24(13-22(18)35)37-16-38(31(21)40)17-44-33(42)34(3,4)5/h6-14,16H,1-2,15,17H2,3-5H3/b9-8-. The van der Waals surface area contributed by atoms with Gasteiger partial charge in [-0.15, -0.1) is 0 Å². The fraction of sp³-hybridized carbons (Fsp3) is 0.176. The molecule has 0 spiro atoms. The molecule has 0 unspecified atom stereocenters. The topological polar surface area (TPSA) is 109 Å². The maximum Gasteiger partial charge on any atom is 0.361 e. The number of carbonyl (C=O) groups is 1. The average Bonchev–Trinajstić information content (AvgIpc) is 3.60. The molecular formula is C34H27F2N3O6. The van der Waals surface area contributed by atoms with Gasteiger partial charge in [0.05, 0.1) is 45.4 Å². The molecule has 0 aliphatic heterocycles. The summed E-state index contributed by atoms with van der Waals surface area (Å²) >= 11 is 0. The minimum atomic E-state index is -0.784. The molecule has 0 aliphatic rings. The molecule has 4 aromatic heterocycles. The summed E-state index contributed by atoms with van der Waals surface area (Å²) in [6.07, 6.45) is 8.76.